The van der Waals surface area contributed by atoms with Crippen LogP contribution in [0.1, 0.15) is 41.1 Å². The van der Waals surface area contributed by atoms with Gasteiger partial charge in [0.2, 0.25) is 0 Å². The van der Waals surface area contributed by atoms with Crippen LogP contribution in [0.2, 0.25) is 0 Å². The summed E-state index contributed by atoms with van der Waals surface area (Å²) in [6.45, 7) is 3.02. The van der Waals surface area contributed by atoms with Crippen LogP contribution in [-0.2, 0) is 13.0 Å². The summed E-state index contributed by atoms with van der Waals surface area (Å²) in [6, 6.07) is 7.49. The Bertz CT molecular complexity index is 558. The van der Waals surface area contributed by atoms with Crippen molar-refractivity contribution in [3.63, 3.8) is 0 Å². The lowest BCUT2D eigenvalue weighted by Crippen LogP contribution is -2.39. The topological polar surface area (TPSA) is 24.9 Å². The van der Waals surface area contributed by atoms with E-state index in [-0.39, 0.29) is 5.82 Å². The third-order valence-electron chi connectivity index (χ3n) is 3.97. The van der Waals surface area contributed by atoms with Crippen LogP contribution in [-0.4, -0.2) is 11.0 Å². The third-order valence-corrected chi connectivity index (χ3v) is 5.11. The molecule has 2 nitrogen and oxygen atoms in total. The van der Waals surface area contributed by atoms with E-state index in [4.69, 9.17) is 0 Å². The lowest BCUT2D eigenvalue weighted by Gasteiger charge is -2.36. The zero-order valence-corrected chi connectivity index (χ0v) is 12.4. The van der Waals surface area contributed by atoms with Gasteiger partial charge in [0, 0.05) is 23.7 Å². The second kappa shape index (κ2) is 6.02. The third kappa shape index (κ3) is 3.07. The minimum Gasteiger partial charge on any atom is -0.308 e. The molecule has 1 fully saturated rings. The molecule has 106 valence electrons. The maximum atomic E-state index is 12.9. The van der Waals surface area contributed by atoms with Crippen molar-refractivity contribution in [3.05, 3.63) is 51.7 Å². The van der Waals surface area contributed by atoms with Crippen molar-refractivity contribution in [2.24, 2.45) is 0 Å². The molecule has 0 saturated heterocycles. The van der Waals surface area contributed by atoms with Gasteiger partial charge in [0.15, 0.2) is 0 Å². The molecular formula is C16H19FN2S. The van der Waals surface area contributed by atoms with Crippen LogP contribution in [0.4, 0.5) is 4.39 Å². The van der Waals surface area contributed by atoms with Crippen LogP contribution in [0.3, 0.4) is 0 Å². The van der Waals surface area contributed by atoms with Gasteiger partial charge in [-0.1, -0.05) is 19.1 Å². The quantitative estimate of drug-likeness (QED) is 0.904. The van der Waals surface area contributed by atoms with Crippen molar-refractivity contribution in [1.29, 1.82) is 0 Å². The number of aryl methyl sites for hydroxylation is 1. The van der Waals surface area contributed by atoms with Crippen molar-refractivity contribution in [2.75, 3.05) is 0 Å². The van der Waals surface area contributed by atoms with Gasteiger partial charge in [0.25, 0.3) is 0 Å². The number of aromatic nitrogens is 1. The molecule has 2 aromatic rings. The largest absolute Gasteiger partial charge is 0.308 e. The molecule has 0 unspecified atom stereocenters. The summed E-state index contributed by atoms with van der Waals surface area (Å²) in [7, 11) is 0. The molecule has 0 spiro atoms. The highest BCUT2D eigenvalue weighted by atomic mass is 32.1. The minimum absolute atomic E-state index is 0.154. The fourth-order valence-corrected chi connectivity index (χ4v) is 3.43. The fraction of sp³-hybridized carbons (Fsp3) is 0.438. The van der Waals surface area contributed by atoms with Gasteiger partial charge in [-0.15, -0.1) is 11.3 Å². The predicted octanol–water partition coefficient (Wildman–Crippen LogP) is 3.88. The Hall–Kier alpha value is -1.26. The van der Waals surface area contributed by atoms with Crippen molar-refractivity contribution in [3.8, 4) is 0 Å². The van der Waals surface area contributed by atoms with E-state index in [0.717, 1.165) is 25.8 Å². The zero-order chi connectivity index (χ0) is 13.9. The number of nitrogens with zero attached hydrogens (tertiary/aromatic N) is 1. The van der Waals surface area contributed by atoms with E-state index < -0.39 is 0 Å². The van der Waals surface area contributed by atoms with E-state index >= 15 is 0 Å². The predicted molar refractivity (Wildman–Crippen MR) is 80.5 cm³/mol. The summed E-state index contributed by atoms with van der Waals surface area (Å²) >= 11 is 1.79. The van der Waals surface area contributed by atoms with Crippen molar-refractivity contribution >= 4 is 11.3 Å². The molecule has 1 aromatic carbocycles. The van der Waals surface area contributed by atoms with E-state index in [1.165, 1.54) is 15.4 Å². The van der Waals surface area contributed by atoms with Crippen LogP contribution in [0.25, 0.3) is 0 Å². The summed E-state index contributed by atoms with van der Waals surface area (Å²) in [6.07, 6.45) is 5.31. The van der Waals surface area contributed by atoms with E-state index in [2.05, 4.69) is 17.2 Å². The second-order valence-corrected chi connectivity index (χ2v) is 6.57. The van der Waals surface area contributed by atoms with Crippen LogP contribution >= 0.6 is 11.3 Å². The molecule has 1 aliphatic carbocycles. The molecule has 0 aliphatic heterocycles. The Labute approximate surface area is 123 Å². The van der Waals surface area contributed by atoms with Gasteiger partial charge in [-0.25, -0.2) is 9.37 Å². The molecule has 1 saturated carbocycles. The second-order valence-electron chi connectivity index (χ2n) is 5.37. The molecule has 4 heteroatoms. The first-order chi connectivity index (χ1) is 9.74. The Kier molecular flexibility index (Phi) is 4.13. The van der Waals surface area contributed by atoms with E-state index in [1.807, 2.05) is 18.3 Å². The standard InChI is InChI=1S/C16H19FN2S/c1-2-15-9-19-16(20-15)10-18-14-7-12(8-14)11-3-5-13(17)6-4-11/h3-6,9,12,14,18H,2,7-8,10H2,1H3. The molecule has 20 heavy (non-hydrogen) atoms. The minimum atomic E-state index is -0.154. The molecule has 1 aliphatic rings. The maximum absolute atomic E-state index is 12.9. The van der Waals surface area contributed by atoms with Crippen LogP contribution < -0.4 is 5.32 Å². The van der Waals surface area contributed by atoms with E-state index in [0.29, 0.717) is 12.0 Å². The number of benzene rings is 1. The summed E-state index contributed by atoms with van der Waals surface area (Å²) in [5, 5.41) is 4.73. The molecular weight excluding hydrogens is 271 g/mol. The summed E-state index contributed by atoms with van der Waals surface area (Å²) in [5.74, 6) is 0.425. The van der Waals surface area contributed by atoms with Gasteiger partial charge in [-0.05, 0) is 42.9 Å². The summed E-state index contributed by atoms with van der Waals surface area (Å²) in [5.41, 5.74) is 1.26. The first kappa shape index (κ1) is 13.7. The number of hydrogen-bond donors (Lipinski definition) is 1. The smallest absolute Gasteiger partial charge is 0.123 e. The highest BCUT2D eigenvalue weighted by Gasteiger charge is 2.29. The van der Waals surface area contributed by atoms with Crippen molar-refractivity contribution < 1.29 is 4.39 Å². The first-order valence-electron chi connectivity index (χ1n) is 7.17. The Morgan fingerprint density at radius 2 is 2.05 bits per heavy atom. The van der Waals surface area contributed by atoms with Crippen LogP contribution in [0, 0.1) is 5.82 Å². The van der Waals surface area contributed by atoms with Gasteiger partial charge < -0.3 is 5.32 Å². The van der Waals surface area contributed by atoms with Crippen LogP contribution in [0.5, 0.6) is 0 Å². The number of thiazole rings is 1. The Balaban J connectivity index is 1.45. The van der Waals surface area contributed by atoms with Gasteiger partial charge >= 0.3 is 0 Å². The lowest BCUT2D eigenvalue weighted by molar-refractivity contribution is 0.289. The summed E-state index contributed by atoms with van der Waals surface area (Å²) < 4.78 is 12.9. The molecule has 1 N–H and O–H groups in total. The van der Waals surface area contributed by atoms with E-state index in [1.54, 1.807) is 23.5 Å². The SMILES string of the molecule is CCc1cnc(CNC2CC(c3ccc(F)cc3)C2)s1. The average Bonchev–Trinajstić information content (AvgIpc) is 2.87. The first-order valence-corrected chi connectivity index (χ1v) is 7.98. The highest BCUT2D eigenvalue weighted by molar-refractivity contribution is 7.11. The van der Waals surface area contributed by atoms with Gasteiger partial charge in [-0.2, -0.15) is 0 Å². The van der Waals surface area contributed by atoms with Crippen molar-refractivity contribution in [2.45, 2.75) is 44.7 Å². The molecule has 1 aromatic heterocycles. The number of hydrogen-bond acceptors (Lipinski definition) is 3. The monoisotopic (exact) mass is 290 g/mol. The molecule has 3 rings (SSSR count). The van der Waals surface area contributed by atoms with Gasteiger partial charge in [0.05, 0.1) is 0 Å². The molecule has 1 heterocycles. The number of rotatable bonds is 5. The van der Waals surface area contributed by atoms with Gasteiger partial charge in [-0.3, -0.25) is 0 Å². The lowest BCUT2D eigenvalue weighted by atomic mass is 9.76. The molecule has 0 bridgehead atoms. The Morgan fingerprint density at radius 3 is 2.70 bits per heavy atom. The number of nitrogens with one attached hydrogen (secondary N) is 1. The summed E-state index contributed by atoms with van der Waals surface area (Å²) in [4.78, 5) is 5.77. The Morgan fingerprint density at radius 1 is 1.30 bits per heavy atom. The molecule has 0 radical (unpaired) electrons. The van der Waals surface area contributed by atoms with E-state index in [9.17, 15) is 4.39 Å². The average molecular weight is 290 g/mol. The fourth-order valence-electron chi connectivity index (χ4n) is 2.62. The normalized spacial score (nSPS) is 21.7. The zero-order valence-electron chi connectivity index (χ0n) is 11.6. The maximum Gasteiger partial charge on any atom is 0.123 e. The molecule has 0 amide bonds. The van der Waals surface area contributed by atoms with Gasteiger partial charge in [0.1, 0.15) is 10.8 Å². The van der Waals surface area contributed by atoms with Crippen LogP contribution in [0.15, 0.2) is 30.5 Å². The highest BCUT2D eigenvalue weighted by Crippen LogP contribution is 2.37. The molecule has 0 atom stereocenters. The van der Waals surface area contributed by atoms with Crippen molar-refractivity contribution in [1.82, 2.24) is 10.3 Å². The number of halogens is 1.